The first-order valence-corrected chi connectivity index (χ1v) is 6.93. The summed E-state index contributed by atoms with van der Waals surface area (Å²) in [6.07, 6.45) is 16.5. The quantitative estimate of drug-likeness (QED) is 0.570. The van der Waals surface area contributed by atoms with E-state index in [4.69, 9.17) is 0 Å². The molecular weight excluding hydrogens is 236 g/mol. The molecule has 0 radical (unpaired) electrons. The lowest BCUT2D eigenvalue weighted by Gasteiger charge is -1.94. The van der Waals surface area contributed by atoms with Crippen molar-refractivity contribution in [1.82, 2.24) is 0 Å². The lowest BCUT2D eigenvalue weighted by Crippen LogP contribution is -1.72. The van der Waals surface area contributed by atoms with Crippen molar-refractivity contribution in [1.29, 1.82) is 0 Å². The second kappa shape index (κ2) is 7.67. The van der Waals surface area contributed by atoms with Crippen LogP contribution in [-0.2, 0) is 0 Å². The highest BCUT2D eigenvalue weighted by molar-refractivity contribution is 7.14. The Hall–Kier alpha value is -1.60. The number of rotatable bonds is 5. The van der Waals surface area contributed by atoms with Crippen LogP contribution in [-0.4, -0.2) is 0 Å². The summed E-state index contributed by atoms with van der Waals surface area (Å²) in [7, 11) is 0. The highest BCUT2D eigenvalue weighted by atomic mass is 32.1. The van der Waals surface area contributed by atoms with Gasteiger partial charge in [0.2, 0.25) is 0 Å². The van der Waals surface area contributed by atoms with Crippen molar-refractivity contribution in [3.63, 3.8) is 0 Å². The van der Waals surface area contributed by atoms with Crippen LogP contribution in [0.1, 0.15) is 36.1 Å². The molecule has 0 unspecified atom stereocenters. The van der Waals surface area contributed by atoms with Crippen molar-refractivity contribution in [2.24, 2.45) is 0 Å². The van der Waals surface area contributed by atoms with Crippen LogP contribution >= 0.6 is 11.3 Å². The van der Waals surface area contributed by atoms with Gasteiger partial charge in [0.15, 0.2) is 0 Å². The van der Waals surface area contributed by atoms with Gasteiger partial charge in [0, 0.05) is 9.75 Å². The highest BCUT2D eigenvalue weighted by Crippen LogP contribution is 2.31. The first-order chi connectivity index (χ1) is 8.76. The van der Waals surface area contributed by atoms with Crippen LogP contribution in [0.25, 0.3) is 17.7 Å². The summed E-state index contributed by atoms with van der Waals surface area (Å²) in [5.41, 5.74) is 2.43. The van der Waals surface area contributed by atoms with Crippen LogP contribution in [0.2, 0.25) is 0 Å². The third-order valence-electron chi connectivity index (χ3n) is 2.43. The highest BCUT2D eigenvalue weighted by Gasteiger charge is 2.06. The molecule has 0 aliphatic heterocycles. The number of hydrogen-bond acceptors (Lipinski definition) is 1. The second-order valence-corrected chi connectivity index (χ2v) is 4.87. The van der Waals surface area contributed by atoms with E-state index in [1.807, 2.05) is 39.0 Å². The average molecular weight is 256 g/mol. The van der Waals surface area contributed by atoms with E-state index in [2.05, 4.69) is 43.0 Å². The maximum absolute atomic E-state index is 3.89. The van der Waals surface area contributed by atoms with Crippen molar-refractivity contribution in [3.05, 3.63) is 64.4 Å². The van der Waals surface area contributed by atoms with Crippen LogP contribution in [0, 0.1) is 0 Å². The Morgan fingerprint density at radius 2 is 1.83 bits per heavy atom. The van der Waals surface area contributed by atoms with E-state index in [0.717, 1.165) is 0 Å². The molecule has 0 bridgehead atoms. The van der Waals surface area contributed by atoms with E-state index >= 15 is 0 Å². The number of hydrogen-bond donors (Lipinski definition) is 0. The van der Waals surface area contributed by atoms with Gasteiger partial charge in [-0.25, -0.2) is 0 Å². The van der Waals surface area contributed by atoms with Gasteiger partial charge < -0.3 is 0 Å². The molecule has 1 rings (SSSR count). The molecule has 1 aromatic heterocycles. The Bertz CT molecular complexity index is 478. The molecule has 0 fully saturated rings. The molecule has 0 saturated carbocycles. The monoisotopic (exact) mass is 256 g/mol. The predicted molar refractivity (Wildman–Crippen MR) is 86.7 cm³/mol. The topological polar surface area (TPSA) is 0 Å². The summed E-state index contributed by atoms with van der Waals surface area (Å²) in [6.45, 7) is 9.99. The van der Waals surface area contributed by atoms with Crippen LogP contribution in [0.5, 0.6) is 0 Å². The summed E-state index contributed by atoms with van der Waals surface area (Å²) < 4.78 is 0. The molecule has 0 saturated heterocycles. The first-order valence-electron chi connectivity index (χ1n) is 6.11. The first kappa shape index (κ1) is 14.5. The molecule has 0 nitrogen and oxygen atoms in total. The van der Waals surface area contributed by atoms with E-state index in [1.165, 1.54) is 20.9 Å². The zero-order valence-electron chi connectivity index (χ0n) is 11.3. The smallest absolute Gasteiger partial charge is 0.0355 e. The molecule has 0 aliphatic rings. The van der Waals surface area contributed by atoms with E-state index in [9.17, 15) is 0 Å². The third kappa shape index (κ3) is 3.71. The predicted octanol–water partition coefficient (Wildman–Crippen LogP) is 5.96. The normalized spacial score (nSPS) is 13.2. The van der Waals surface area contributed by atoms with Crippen molar-refractivity contribution in [3.8, 4) is 0 Å². The van der Waals surface area contributed by atoms with Gasteiger partial charge in [0.05, 0.1) is 0 Å². The lowest BCUT2D eigenvalue weighted by molar-refractivity contribution is 1.70. The van der Waals surface area contributed by atoms with E-state index in [-0.39, 0.29) is 0 Å². The number of allylic oxidation sites excluding steroid dienone is 7. The molecule has 1 aromatic rings. The molecule has 1 heteroatoms. The summed E-state index contributed by atoms with van der Waals surface area (Å²) in [4.78, 5) is 2.54. The van der Waals surface area contributed by atoms with Gasteiger partial charge in [-0.2, -0.15) is 0 Å². The molecule has 0 amide bonds. The number of thiophene rings is 1. The van der Waals surface area contributed by atoms with Crippen LogP contribution < -0.4 is 0 Å². The molecule has 1 heterocycles. The van der Waals surface area contributed by atoms with Crippen molar-refractivity contribution in [2.75, 3.05) is 0 Å². The fourth-order valence-electron chi connectivity index (χ4n) is 1.60. The van der Waals surface area contributed by atoms with Crippen LogP contribution in [0.15, 0.2) is 49.1 Å². The Kier molecular flexibility index (Phi) is 6.16. The standard InChI is InChI=1S/C17H20S/c1-5-9-12-14(8-4)17-13-15(10-6-2)16(18-17)11-7-3/h5-13H,4H2,1-3H3/b9-5-,10-6-,11-7-,14-12+. The van der Waals surface area contributed by atoms with Gasteiger partial charge >= 0.3 is 0 Å². The Labute approximate surface area is 114 Å². The lowest BCUT2D eigenvalue weighted by atomic mass is 10.1. The van der Waals surface area contributed by atoms with Gasteiger partial charge in [-0.05, 0) is 44.1 Å². The minimum Gasteiger partial charge on any atom is -0.135 e. The fourth-order valence-corrected chi connectivity index (χ4v) is 2.74. The summed E-state index contributed by atoms with van der Waals surface area (Å²) in [6, 6.07) is 2.22. The van der Waals surface area contributed by atoms with Crippen LogP contribution in [0.4, 0.5) is 0 Å². The average Bonchev–Trinajstić information content (AvgIpc) is 2.75. The van der Waals surface area contributed by atoms with Crippen molar-refractivity contribution < 1.29 is 0 Å². The summed E-state index contributed by atoms with van der Waals surface area (Å²) in [5.74, 6) is 0. The van der Waals surface area contributed by atoms with Crippen molar-refractivity contribution in [2.45, 2.75) is 20.8 Å². The minimum absolute atomic E-state index is 1.17. The molecule has 94 valence electrons. The molecule has 0 N–H and O–H groups in total. The molecular formula is C17H20S. The van der Waals surface area contributed by atoms with Crippen LogP contribution in [0.3, 0.4) is 0 Å². The Morgan fingerprint density at radius 1 is 1.11 bits per heavy atom. The second-order valence-electron chi connectivity index (χ2n) is 3.78. The Morgan fingerprint density at radius 3 is 2.39 bits per heavy atom. The maximum atomic E-state index is 3.89. The Balaban J connectivity index is 3.25. The summed E-state index contributed by atoms with van der Waals surface area (Å²) in [5, 5.41) is 0. The van der Waals surface area contributed by atoms with Gasteiger partial charge in [0.25, 0.3) is 0 Å². The fraction of sp³-hybridized carbons (Fsp3) is 0.176. The van der Waals surface area contributed by atoms with E-state index in [0.29, 0.717) is 0 Å². The minimum atomic E-state index is 1.17. The van der Waals surface area contributed by atoms with Gasteiger partial charge in [-0.1, -0.05) is 49.1 Å². The van der Waals surface area contributed by atoms with Gasteiger partial charge in [-0.3, -0.25) is 0 Å². The summed E-state index contributed by atoms with van der Waals surface area (Å²) >= 11 is 1.80. The molecule has 0 aliphatic carbocycles. The zero-order valence-corrected chi connectivity index (χ0v) is 12.1. The van der Waals surface area contributed by atoms with E-state index < -0.39 is 0 Å². The van der Waals surface area contributed by atoms with Gasteiger partial charge in [-0.15, -0.1) is 11.3 Å². The van der Waals surface area contributed by atoms with Gasteiger partial charge in [0.1, 0.15) is 0 Å². The SMILES string of the molecule is C=C/C(=C\C=C/C)c1cc(/C=C\C)c(/C=C\C)s1. The third-order valence-corrected chi connectivity index (χ3v) is 3.59. The molecule has 0 aromatic carbocycles. The van der Waals surface area contributed by atoms with E-state index in [1.54, 1.807) is 11.3 Å². The molecule has 0 spiro atoms. The molecule has 18 heavy (non-hydrogen) atoms. The molecule has 0 atom stereocenters. The van der Waals surface area contributed by atoms with Crippen molar-refractivity contribution >= 4 is 29.1 Å². The largest absolute Gasteiger partial charge is 0.135 e. The maximum Gasteiger partial charge on any atom is 0.0355 e. The zero-order chi connectivity index (χ0) is 13.4.